The molecule has 0 bridgehead atoms. The molecule has 21 heavy (non-hydrogen) atoms. The fraction of sp³-hybridized carbons (Fsp3) is 0.0588. The largest absolute Gasteiger partial charge is 0.330 e. The van der Waals surface area contributed by atoms with Crippen LogP contribution >= 0.6 is 11.3 Å². The van der Waals surface area contributed by atoms with E-state index in [0.717, 1.165) is 10.8 Å². The molecule has 0 aliphatic rings. The van der Waals surface area contributed by atoms with Crippen molar-refractivity contribution in [3.63, 3.8) is 0 Å². The van der Waals surface area contributed by atoms with Crippen LogP contribution in [0.4, 0.5) is 10.8 Å². The number of para-hydroxylation sites is 2. The Bertz CT molecular complexity index is 872. The zero-order valence-corrected chi connectivity index (χ0v) is 12.4. The summed E-state index contributed by atoms with van der Waals surface area (Å²) in [7, 11) is 2.11. The maximum atomic E-state index is 4.35. The summed E-state index contributed by atoms with van der Waals surface area (Å²) in [4.78, 5) is 4.35. The quantitative estimate of drug-likeness (QED) is 0.446. The molecule has 0 aliphatic heterocycles. The van der Waals surface area contributed by atoms with Crippen LogP contribution < -0.4 is 9.88 Å². The van der Waals surface area contributed by atoms with Gasteiger partial charge in [0.2, 0.25) is 11.0 Å². The molecule has 4 rings (SSSR count). The Hall–Kier alpha value is -2.46. The highest BCUT2D eigenvalue weighted by Gasteiger charge is 2.17. The lowest BCUT2D eigenvalue weighted by Gasteiger charge is -2.10. The second kappa shape index (κ2) is 4.82. The molecule has 102 valence electrons. The van der Waals surface area contributed by atoms with Gasteiger partial charge in [0, 0.05) is 23.7 Å². The molecule has 2 aromatic heterocycles. The minimum atomic E-state index is 0.916. The molecule has 1 N–H and O–H groups in total. The molecule has 0 aliphatic carbocycles. The van der Waals surface area contributed by atoms with Gasteiger partial charge in [0.1, 0.15) is 7.05 Å². The van der Waals surface area contributed by atoms with E-state index < -0.39 is 0 Å². The SMILES string of the molecule is C[n+]1c2ccccc2c(Nc2nccs2)c2ccccc21. The summed E-state index contributed by atoms with van der Waals surface area (Å²) in [6, 6.07) is 16.9. The average molecular weight is 292 g/mol. The maximum Gasteiger partial charge on any atom is 0.214 e. The topological polar surface area (TPSA) is 28.8 Å². The maximum absolute atomic E-state index is 4.35. The highest BCUT2D eigenvalue weighted by Crippen LogP contribution is 2.32. The molecule has 0 unspecified atom stereocenters. The van der Waals surface area contributed by atoms with E-state index in [1.807, 2.05) is 11.6 Å². The molecule has 0 saturated heterocycles. The molecular weight excluding hydrogens is 278 g/mol. The summed E-state index contributed by atoms with van der Waals surface area (Å²) in [6.45, 7) is 0. The lowest BCUT2D eigenvalue weighted by atomic mass is 10.1. The molecule has 0 amide bonds. The van der Waals surface area contributed by atoms with Crippen LogP contribution in [-0.4, -0.2) is 4.98 Å². The Morgan fingerprint density at radius 2 is 1.57 bits per heavy atom. The monoisotopic (exact) mass is 292 g/mol. The number of pyridine rings is 1. The zero-order valence-electron chi connectivity index (χ0n) is 11.6. The van der Waals surface area contributed by atoms with Crippen LogP contribution in [0.1, 0.15) is 0 Å². The lowest BCUT2D eigenvalue weighted by Crippen LogP contribution is -2.30. The summed E-state index contributed by atoms with van der Waals surface area (Å²) in [5, 5.41) is 8.79. The van der Waals surface area contributed by atoms with Crippen molar-refractivity contribution in [3.05, 3.63) is 60.1 Å². The van der Waals surface area contributed by atoms with E-state index in [2.05, 4.69) is 70.4 Å². The summed E-state index contributed by atoms with van der Waals surface area (Å²) >= 11 is 1.61. The van der Waals surface area contributed by atoms with Gasteiger partial charge in [-0.15, -0.1) is 11.3 Å². The Morgan fingerprint density at radius 1 is 0.952 bits per heavy atom. The van der Waals surface area contributed by atoms with E-state index in [0.29, 0.717) is 0 Å². The number of anilines is 2. The van der Waals surface area contributed by atoms with E-state index in [1.165, 1.54) is 21.8 Å². The van der Waals surface area contributed by atoms with Crippen LogP contribution in [-0.2, 0) is 7.05 Å². The van der Waals surface area contributed by atoms with Crippen molar-refractivity contribution in [3.8, 4) is 0 Å². The third kappa shape index (κ3) is 1.96. The number of fused-ring (bicyclic) bond motifs is 2. The van der Waals surface area contributed by atoms with Crippen LogP contribution in [0.2, 0.25) is 0 Å². The zero-order chi connectivity index (χ0) is 14.2. The summed E-state index contributed by atoms with van der Waals surface area (Å²) in [5.41, 5.74) is 3.53. The predicted octanol–water partition coefficient (Wildman–Crippen LogP) is 4.02. The van der Waals surface area contributed by atoms with Gasteiger partial charge in [0.05, 0.1) is 16.5 Å². The lowest BCUT2D eigenvalue weighted by molar-refractivity contribution is -0.617. The van der Waals surface area contributed by atoms with Crippen LogP contribution in [0, 0.1) is 0 Å². The fourth-order valence-corrected chi connectivity index (χ4v) is 3.29. The first-order valence-electron chi connectivity index (χ1n) is 6.80. The number of nitrogens with zero attached hydrogens (tertiary/aromatic N) is 2. The van der Waals surface area contributed by atoms with Gasteiger partial charge in [-0.2, -0.15) is 4.57 Å². The number of nitrogens with one attached hydrogen (secondary N) is 1. The minimum absolute atomic E-state index is 0.916. The molecule has 3 nitrogen and oxygen atoms in total. The van der Waals surface area contributed by atoms with Crippen molar-refractivity contribution in [1.82, 2.24) is 4.98 Å². The third-order valence-corrected chi connectivity index (χ3v) is 4.42. The molecule has 0 spiro atoms. The summed E-state index contributed by atoms with van der Waals surface area (Å²) < 4.78 is 2.23. The van der Waals surface area contributed by atoms with Crippen molar-refractivity contribution in [1.29, 1.82) is 0 Å². The first-order chi connectivity index (χ1) is 10.3. The normalized spacial score (nSPS) is 11.1. The number of hydrogen-bond donors (Lipinski definition) is 1. The number of aromatic nitrogens is 2. The van der Waals surface area contributed by atoms with Crippen LogP contribution in [0.3, 0.4) is 0 Å². The Kier molecular flexibility index (Phi) is 2.82. The predicted molar refractivity (Wildman–Crippen MR) is 88.0 cm³/mol. The van der Waals surface area contributed by atoms with Crippen molar-refractivity contribution in [2.45, 2.75) is 0 Å². The summed E-state index contributed by atoms with van der Waals surface area (Å²) in [5.74, 6) is 0. The molecule has 4 aromatic rings. The van der Waals surface area contributed by atoms with Gasteiger partial charge in [-0.3, -0.25) is 0 Å². The van der Waals surface area contributed by atoms with Crippen molar-refractivity contribution < 1.29 is 4.57 Å². The average Bonchev–Trinajstić information content (AvgIpc) is 3.04. The second-order valence-corrected chi connectivity index (χ2v) is 5.83. The van der Waals surface area contributed by atoms with Crippen molar-refractivity contribution in [2.75, 3.05) is 5.32 Å². The van der Waals surface area contributed by atoms with Gasteiger partial charge in [-0.25, -0.2) is 4.98 Å². The standard InChI is InChI=1S/C17H13N3S/c1-20-14-8-4-2-6-12(14)16(19-17-18-10-11-21-17)13-7-3-5-9-15(13)20/h2-11H,1H3/p+1. The number of aryl methyl sites for hydroxylation is 1. The molecule has 0 fully saturated rings. The highest BCUT2D eigenvalue weighted by molar-refractivity contribution is 7.13. The first kappa shape index (κ1) is 12.3. The second-order valence-electron chi connectivity index (χ2n) is 4.93. The Balaban J connectivity index is 2.11. The van der Waals surface area contributed by atoms with Crippen LogP contribution in [0.15, 0.2) is 60.1 Å². The van der Waals surface area contributed by atoms with E-state index in [9.17, 15) is 0 Å². The Labute approximate surface area is 126 Å². The molecular formula is C17H14N3S+. The van der Waals surface area contributed by atoms with E-state index >= 15 is 0 Å². The van der Waals surface area contributed by atoms with Gasteiger partial charge in [0.25, 0.3) is 0 Å². The first-order valence-corrected chi connectivity index (χ1v) is 7.68. The van der Waals surface area contributed by atoms with Gasteiger partial charge in [-0.05, 0) is 12.1 Å². The minimum Gasteiger partial charge on any atom is -0.330 e. The molecule has 4 heteroatoms. The van der Waals surface area contributed by atoms with E-state index in [-0.39, 0.29) is 0 Å². The van der Waals surface area contributed by atoms with Gasteiger partial charge in [-0.1, -0.05) is 24.3 Å². The highest BCUT2D eigenvalue weighted by atomic mass is 32.1. The number of benzene rings is 2. The van der Waals surface area contributed by atoms with Crippen LogP contribution in [0.25, 0.3) is 21.8 Å². The van der Waals surface area contributed by atoms with Crippen molar-refractivity contribution in [2.24, 2.45) is 7.05 Å². The van der Waals surface area contributed by atoms with Crippen molar-refractivity contribution >= 4 is 44.0 Å². The van der Waals surface area contributed by atoms with Crippen LogP contribution in [0.5, 0.6) is 0 Å². The Morgan fingerprint density at radius 3 is 2.14 bits per heavy atom. The van der Waals surface area contributed by atoms with E-state index in [1.54, 1.807) is 11.3 Å². The fourth-order valence-electron chi connectivity index (χ4n) is 2.76. The number of hydrogen-bond acceptors (Lipinski definition) is 3. The molecule has 0 atom stereocenters. The van der Waals surface area contributed by atoms with Gasteiger partial charge < -0.3 is 5.32 Å². The summed E-state index contributed by atoms with van der Waals surface area (Å²) in [6.07, 6.45) is 1.82. The van der Waals surface area contributed by atoms with Gasteiger partial charge in [0.15, 0.2) is 5.13 Å². The molecule has 0 saturated carbocycles. The molecule has 2 heterocycles. The molecule has 2 aromatic carbocycles. The number of rotatable bonds is 2. The smallest absolute Gasteiger partial charge is 0.214 e. The third-order valence-electron chi connectivity index (χ3n) is 3.73. The van der Waals surface area contributed by atoms with E-state index in [4.69, 9.17) is 0 Å². The van der Waals surface area contributed by atoms with Gasteiger partial charge >= 0.3 is 0 Å². The number of thiazole rings is 1. The molecule has 0 radical (unpaired) electrons.